The lowest BCUT2D eigenvalue weighted by Crippen LogP contribution is -2.24. The Morgan fingerprint density at radius 2 is 1.95 bits per heavy atom. The number of hydrogen-bond acceptors (Lipinski definition) is 2. The molecule has 1 saturated heterocycles. The van der Waals surface area contributed by atoms with Gasteiger partial charge in [-0.25, -0.2) is 0 Å². The number of rotatable bonds is 4. The van der Waals surface area contributed by atoms with Crippen LogP contribution in [-0.2, 0) is 0 Å². The Bertz CT molecular complexity index is 371. The van der Waals surface area contributed by atoms with Crippen LogP contribution in [0, 0.1) is 5.92 Å². The van der Waals surface area contributed by atoms with Crippen molar-refractivity contribution in [1.82, 2.24) is 0 Å². The van der Waals surface area contributed by atoms with Gasteiger partial charge in [-0.15, -0.1) is 0 Å². The fourth-order valence-corrected chi connectivity index (χ4v) is 3.08. The Morgan fingerprint density at radius 1 is 1.21 bits per heavy atom. The summed E-state index contributed by atoms with van der Waals surface area (Å²) < 4.78 is 0. The molecule has 0 aliphatic carbocycles. The topological polar surface area (TPSA) is 23.5 Å². The lowest BCUT2D eigenvalue weighted by Gasteiger charge is -2.23. The Balaban J connectivity index is 1.97. The molecule has 0 saturated carbocycles. The Kier molecular flexibility index (Phi) is 5.26. The summed E-state index contributed by atoms with van der Waals surface area (Å²) in [4.78, 5) is 2.50. The monoisotopic (exact) mass is 261 g/mol. The average molecular weight is 261 g/mol. The van der Waals surface area contributed by atoms with Gasteiger partial charge in [0, 0.05) is 18.8 Å². The number of nitrogens with zero attached hydrogens (tertiary/aromatic N) is 1. The Morgan fingerprint density at radius 3 is 2.58 bits per heavy atom. The van der Waals surface area contributed by atoms with Crippen molar-refractivity contribution in [3.63, 3.8) is 0 Å². The quantitative estimate of drug-likeness (QED) is 0.880. The van der Waals surface area contributed by atoms with Gasteiger partial charge < -0.3 is 10.0 Å². The Labute approximate surface area is 117 Å². The van der Waals surface area contributed by atoms with E-state index in [1.54, 1.807) is 0 Å². The zero-order valence-corrected chi connectivity index (χ0v) is 12.3. The zero-order chi connectivity index (χ0) is 13.7. The van der Waals surface area contributed by atoms with Crippen molar-refractivity contribution in [2.24, 2.45) is 5.92 Å². The summed E-state index contributed by atoms with van der Waals surface area (Å²) in [5.41, 5.74) is 2.31. The summed E-state index contributed by atoms with van der Waals surface area (Å²) >= 11 is 0. The van der Waals surface area contributed by atoms with E-state index in [4.69, 9.17) is 0 Å². The van der Waals surface area contributed by atoms with Crippen LogP contribution in [0.1, 0.15) is 57.6 Å². The van der Waals surface area contributed by atoms with Crippen molar-refractivity contribution >= 4 is 5.69 Å². The third kappa shape index (κ3) is 3.97. The van der Waals surface area contributed by atoms with Gasteiger partial charge in [0.25, 0.3) is 0 Å². The van der Waals surface area contributed by atoms with Crippen molar-refractivity contribution in [1.29, 1.82) is 0 Å². The number of hydrogen-bond donors (Lipinski definition) is 1. The molecule has 2 rings (SSSR count). The molecule has 1 aromatic rings. The van der Waals surface area contributed by atoms with Crippen LogP contribution in [-0.4, -0.2) is 18.2 Å². The van der Waals surface area contributed by atoms with Crippen molar-refractivity contribution in [3.05, 3.63) is 29.8 Å². The molecule has 2 nitrogen and oxygen atoms in total. The van der Waals surface area contributed by atoms with E-state index in [9.17, 15) is 5.11 Å². The molecule has 0 spiro atoms. The first-order valence-corrected chi connectivity index (χ1v) is 7.73. The molecule has 1 aromatic carbocycles. The predicted molar refractivity (Wildman–Crippen MR) is 81.5 cm³/mol. The van der Waals surface area contributed by atoms with Crippen LogP contribution in [0.25, 0.3) is 0 Å². The smallest absolute Gasteiger partial charge is 0.0761 e. The van der Waals surface area contributed by atoms with Gasteiger partial charge in [0.05, 0.1) is 6.10 Å². The molecule has 1 unspecified atom stereocenters. The molecule has 1 heterocycles. The molecular formula is C17H27NO. The van der Waals surface area contributed by atoms with E-state index in [-0.39, 0.29) is 6.10 Å². The first kappa shape index (κ1) is 14.4. The number of anilines is 1. The van der Waals surface area contributed by atoms with Crippen LogP contribution in [0.3, 0.4) is 0 Å². The van der Waals surface area contributed by atoms with Gasteiger partial charge in [-0.2, -0.15) is 0 Å². The fraction of sp³-hybridized carbons (Fsp3) is 0.647. The summed E-state index contributed by atoms with van der Waals surface area (Å²) in [6.07, 6.45) is 6.35. The summed E-state index contributed by atoms with van der Waals surface area (Å²) in [5, 5.41) is 9.55. The van der Waals surface area contributed by atoms with Crippen LogP contribution in [0.2, 0.25) is 0 Å². The van der Waals surface area contributed by atoms with E-state index in [1.807, 2.05) is 6.92 Å². The van der Waals surface area contributed by atoms with Crippen LogP contribution in [0.4, 0.5) is 5.69 Å². The van der Waals surface area contributed by atoms with Crippen LogP contribution in [0.15, 0.2) is 24.3 Å². The van der Waals surface area contributed by atoms with Gasteiger partial charge in [-0.05, 0) is 49.8 Å². The van der Waals surface area contributed by atoms with Gasteiger partial charge in [-0.3, -0.25) is 0 Å². The lowest BCUT2D eigenvalue weighted by molar-refractivity contribution is 0.199. The molecule has 1 fully saturated rings. The van der Waals surface area contributed by atoms with E-state index in [1.165, 1.54) is 50.9 Å². The standard InChI is InChI=1S/C17H27NO/c1-3-5-15-6-4-12-18(13-11-15)17-9-7-16(8-10-17)14(2)19/h7-10,14-15,19H,3-6,11-13H2,1-2H3/t14-,15?/m0/s1. The molecule has 1 N–H and O–H groups in total. The average Bonchev–Trinajstić information content (AvgIpc) is 2.65. The van der Waals surface area contributed by atoms with Crippen molar-refractivity contribution < 1.29 is 5.11 Å². The summed E-state index contributed by atoms with van der Waals surface area (Å²) in [6.45, 7) is 6.46. The maximum absolute atomic E-state index is 9.55. The molecule has 1 aliphatic rings. The normalized spacial score (nSPS) is 22.1. The molecule has 19 heavy (non-hydrogen) atoms. The number of aliphatic hydroxyl groups is 1. The molecule has 0 aromatic heterocycles. The molecule has 2 heteroatoms. The van der Waals surface area contributed by atoms with Crippen molar-refractivity contribution in [2.45, 2.75) is 52.1 Å². The van der Waals surface area contributed by atoms with E-state index in [2.05, 4.69) is 36.1 Å². The summed E-state index contributed by atoms with van der Waals surface area (Å²) in [7, 11) is 0. The van der Waals surface area contributed by atoms with Crippen LogP contribution >= 0.6 is 0 Å². The van der Waals surface area contributed by atoms with E-state index >= 15 is 0 Å². The largest absolute Gasteiger partial charge is 0.389 e. The van der Waals surface area contributed by atoms with E-state index < -0.39 is 0 Å². The minimum Gasteiger partial charge on any atom is -0.389 e. The SMILES string of the molecule is CCCC1CCCN(c2ccc([C@H](C)O)cc2)CC1. The molecular weight excluding hydrogens is 234 g/mol. The number of aliphatic hydroxyl groups excluding tert-OH is 1. The number of benzene rings is 1. The second-order valence-corrected chi connectivity index (χ2v) is 5.84. The molecule has 0 amide bonds. The van der Waals surface area contributed by atoms with Crippen molar-refractivity contribution in [3.8, 4) is 0 Å². The van der Waals surface area contributed by atoms with Crippen molar-refractivity contribution in [2.75, 3.05) is 18.0 Å². The summed E-state index contributed by atoms with van der Waals surface area (Å²) in [6, 6.07) is 8.41. The second-order valence-electron chi connectivity index (χ2n) is 5.84. The zero-order valence-electron chi connectivity index (χ0n) is 12.3. The first-order chi connectivity index (χ1) is 9.20. The van der Waals surface area contributed by atoms with E-state index in [0.29, 0.717) is 0 Å². The third-order valence-corrected chi connectivity index (χ3v) is 4.29. The molecule has 106 valence electrons. The van der Waals surface area contributed by atoms with Crippen LogP contribution in [0.5, 0.6) is 0 Å². The maximum atomic E-state index is 9.55. The lowest BCUT2D eigenvalue weighted by atomic mass is 9.96. The van der Waals surface area contributed by atoms with Gasteiger partial charge in [0.2, 0.25) is 0 Å². The first-order valence-electron chi connectivity index (χ1n) is 7.73. The molecule has 0 radical (unpaired) electrons. The minimum absolute atomic E-state index is 0.368. The highest BCUT2D eigenvalue weighted by Gasteiger charge is 2.16. The van der Waals surface area contributed by atoms with Gasteiger partial charge in [0.15, 0.2) is 0 Å². The highest BCUT2D eigenvalue weighted by Crippen LogP contribution is 2.26. The summed E-state index contributed by atoms with van der Waals surface area (Å²) in [5.74, 6) is 0.923. The minimum atomic E-state index is -0.368. The Hall–Kier alpha value is -1.02. The highest BCUT2D eigenvalue weighted by molar-refractivity contribution is 5.48. The molecule has 2 atom stereocenters. The van der Waals surface area contributed by atoms with Crippen LogP contribution < -0.4 is 4.90 Å². The molecule has 1 aliphatic heterocycles. The second kappa shape index (κ2) is 6.95. The van der Waals surface area contributed by atoms with Gasteiger partial charge in [-0.1, -0.05) is 31.9 Å². The fourth-order valence-electron chi connectivity index (χ4n) is 3.08. The maximum Gasteiger partial charge on any atom is 0.0761 e. The highest BCUT2D eigenvalue weighted by atomic mass is 16.3. The van der Waals surface area contributed by atoms with Gasteiger partial charge in [0.1, 0.15) is 0 Å². The van der Waals surface area contributed by atoms with Gasteiger partial charge >= 0.3 is 0 Å². The third-order valence-electron chi connectivity index (χ3n) is 4.29. The van der Waals surface area contributed by atoms with E-state index in [0.717, 1.165) is 11.5 Å². The molecule has 0 bridgehead atoms. The predicted octanol–water partition coefficient (Wildman–Crippen LogP) is 4.15.